The molecule has 0 aliphatic heterocycles. The molecular formula is C36H29BO2. The van der Waals surface area contributed by atoms with Crippen LogP contribution in [0.5, 0.6) is 11.5 Å². The maximum Gasteiger partial charge on any atom is 0.150 e. The fraction of sp³-hybridized carbons (Fsp3) is 0.139. The van der Waals surface area contributed by atoms with Crippen molar-refractivity contribution in [2.24, 2.45) is 0 Å². The second-order valence-electron chi connectivity index (χ2n) is 11.2. The molecule has 0 heterocycles. The van der Waals surface area contributed by atoms with Crippen molar-refractivity contribution in [2.45, 2.75) is 31.6 Å². The van der Waals surface area contributed by atoms with Gasteiger partial charge in [0.15, 0.2) is 0 Å². The van der Waals surface area contributed by atoms with Gasteiger partial charge in [0.25, 0.3) is 0 Å². The monoisotopic (exact) mass is 504 g/mol. The Kier molecular flexibility index (Phi) is 6.03. The predicted molar refractivity (Wildman–Crippen MR) is 160 cm³/mol. The van der Waals surface area contributed by atoms with Crippen LogP contribution in [0.1, 0.15) is 58.9 Å². The third kappa shape index (κ3) is 4.19. The average Bonchev–Trinajstić information content (AvgIpc) is 3.24. The summed E-state index contributed by atoms with van der Waals surface area (Å²) in [6.07, 6.45) is 0.829. The molecule has 1 aliphatic rings. The van der Waals surface area contributed by atoms with Crippen molar-refractivity contribution in [3.05, 3.63) is 149 Å². The van der Waals surface area contributed by atoms with Crippen LogP contribution >= 0.6 is 0 Å². The van der Waals surface area contributed by atoms with Gasteiger partial charge in [0, 0.05) is 5.56 Å². The molecule has 1 aliphatic carbocycles. The summed E-state index contributed by atoms with van der Waals surface area (Å²) >= 11 is 0. The second-order valence-corrected chi connectivity index (χ2v) is 11.2. The Labute approximate surface area is 231 Å². The number of carbonyl (C=O) groups excluding carboxylic acids is 1. The van der Waals surface area contributed by atoms with E-state index in [0.717, 1.165) is 23.1 Å². The van der Waals surface area contributed by atoms with Crippen LogP contribution in [0.3, 0.4) is 0 Å². The molecule has 2 nitrogen and oxygen atoms in total. The van der Waals surface area contributed by atoms with E-state index in [2.05, 4.69) is 93.6 Å². The fourth-order valence-corrected chi connectivity index (χ4v) is 5.83. The van der Waals surface area contributed by atoms with Crippen LogP contribution in [-0.2, 0) is 10.8 Å². The van der Waals surface area contributed by atoms with E-state index in [1.165, 1.54) is 33.4 Å². The first-order valence-corrected chi connectivity index (χ1v) is 13.3. The van der Waals surface area contributed by atoms with Gasteiger partial charge < -0.3 is 4.74 Å². The minimum atomic E-state index is -0.526. The van der Waals surface area contributed by atoms with Crippen molar-refractivity contribution in [3.63, 3.8) is 0 Å². The molecule has 0 spiro atoms. The molecule has 0 aromatic heterocycles. The van der Waals surface area contributed by atoms with Gasteiger partial charge in [0.05, 0.1) is 5.41 Å². The largest absolute Gasteiger partial charge is 0.457 e. The highest BCUT2D eigenvalue weighted by molar-refractivity contribution is 6.32. The zero-order chi connectivity index (χ0) is 27.2. The lowest BCUT2D eigenvalue weighted by Crippen LogP contribution is -2.29. The number of hydrogen-bond donors (Lipinski definition) is 0. The van der Waals surface area contributed by atoms with Gasteiger partial charge in [0.1, 0.15) is 25.6 Å². The normalized spacial score (nSPS) is 15.9. The van der Waals surface area contributed by atoms with Gasteiger partial charge in [-0.2, -0.15) is 0 Å². The molecule has 0 N–H and O–H groups in total. The van der Waals surface area contributed by atoms with Crippen LogP contribution in [-0.4, -0.2) is 14.1 Å². The van der Waals surface area contributed by atoms with Crippen molar-refractivity contribution in [2.75, 3.05) is 0 Å². The number of carbonyl (C=O) groups is 1. The van der Waals surface area contributed by atoms with Crippen molar-refractivity contribution in [3.8, 4) is 22.6 Å². The third-order valence-corrected chi connectivity index (χ3v) is 7.79. The van der Waals surface area contributed by atoms with Crippen LogP contribution in [0.2, 0.25) is 0 Å². The molecule has 6 rings (SSSR count). The highest BCUT2D eigenvalue weighted by atomic mass is 16.5. The van der Waals surface area contributed by atoms with E-state index in [9.17, 15) is 4.79 Å². The van der Waals surface area contributed by atoms with Crippen LogP contribution in [0.4, 0.5) is 0 Å². The molecule has 3 heteroatoms. The summed E-state index contributed by atoms with van der Waals surface area (Å²) in [6, 6.07) is 39.4. The summed E-state index contributed by atoms with van der Waals surface area (Å²) in [4.78, 5) is 11.0. The Balaban J connectivity index is 1.53. The number of rotatable bonds is 5. The molecule has 188 valence electrons. The first-order chi connectivity index (χ1) is 18.8. The van der Waals surface area contributed by atoms with Gasteiger partial charge in [-0.3, -0.25) is 4.79 Å². The van der Waals surface area contributed by atoms with Gasteiger partial charge >= 0.3 is 0 Å². The lowest BCUT2D eigenvalue weighted by Gasteiger charge is -2.34. The number of fused-ring (bicyclic) bond motifs is 3. The quantitative estimate of drug-likeness (QED) is 0.177. The zero-order valence-corrected chi connectivity index (χ0v) is 22.4. The predicted octanol–water partition coefficient (Wildman–Crippen LogP) is 7.75. The zero-order valence-electron chi connectivity index (χ0n) is 22.4. The Morgan fingerprint density at radius 1 is 0.667 bits per heavy atom. The van der Waals surface area contributed by atoms with E-state index in [1.807, 2.05) is 30.3 Å². The molecule has 0 amide bonds. The summed E-state index contributed by atoms with van der Waals surface area (Å²) in [5.41, 5.74) is 9.40. The highest BCUT2D eigenvalue weighted by Gasteiger charge is 2.46. The Hall–Kier alpha value is -4.37. The average molecular weight is 504 g/mol. The van der Waals surface area contributed by atoms with E-state index < -0.39 is 5.41 Å². The molecule has 1 atom stereocenters. The molecule has 5 aromatic carbocycles. The summed E-state index contributed by atoms with van der Waals surface area (Å²) < 4.78 is 6.11. The molecule has 0 fully saturated rings. The Morgan fingerprint density at radius 3 is 1.85 bits per heavy atom. The minimum absolute atomic E-state index is 0.0600. The van der Waals surface area contributed by atoms with E-state index in [0.29, 0.717) is 11.3 Å². The minimum Gasteiger partial charge on any atom is -0.457 e. The molecule has 1 unspecified atom stereocenters. The summed E-state index contributed by atoms with van der Waals surface area (Å²) in [5.74, 6) is 1.42. The SMILES string of the molecule is [B]c1ccc2c(c1)C(c1ccc(Oc3ccc(C=O)cc3)cc1)(c1ccc(C(C)(C)C)cc1)c1ccccc1-2. The number of aldehydes is 1. The van der Waals surface area contributed by atoms with Crippen LogP contribution in [0.15, 0.2) is 115 Å². The highest BCUT2D eigenvalue weighted by Crippen LogP contribution is 2.56. The van der Waals surface area contributed by atoms with Crippen molar-refractivity contribution in [1.29, 1.82) is 0 Å². The fourth-order valence-electron chi connectivity index (χ4n) is 5.83. The molecule has 39 heavy (non-hydrogen) atoms. The lowest BCUT2D eigenvalue weighted by atomic mass is 9.66. The van der Waals surface area contributed by atoms with Gasteiger partial charge in [-0.15, -0.1) is 0 Å². The first-order valence-electron chi connectivity index (χ1n) is 13.3. The standard InChI is InChI=1S/C36H29BO2/c1-35(2,3)25-10-12-26(13-11-25)36(33-7-5-4-6-31(33)32-21-16-28(37)22-34(32)36)27-14-19-30(20-15-27)39-29-17-8-24(23-38)9-18-29/h4-23H,1-3H3. The number of ether oxygens (including phenoxy) is 1. The van der Waals surface area contributed by atoms with Crippen molar-refractivity contribution < 1.29 is 9.53 Å². The van der Waals surface area contributed by atoms with Gasteiger partial charge in [0.2, 0.25) is 0 Å². The van der Waals surface area contributed by atoms with Gasteiger partial charge in [-0.05, 0) is 80.8 Å². The van der Waals surface area contributed by atoms with Crippen LogP contribution < -0.4 is 10.2 Å². The van der Waals surface area contributed by atoms with E-state index in [4.69, 9.17) is 12.6 Å². The van der Waals surface area contributed by atoms with Crippen LogP contribution in [0.25, 0.3) is 11.1 Å². The number of hydrogen-bond acceptors (Lipinski definition) is 2. The topological polar surface area (TPSA) is 26.3 Å². The van der Waals surface area contributed by atoms with E-state index in [-0.39, 0.29) is 5.41 Å². The molecule has 0 saturated carbocycles. The number of benzene rings is 5. The Morgan fingerprint density at radius 2 is 1.23 bits per heavy atom. The van der Waals surface area contributed by atoms with Crippen molar-refractivity contribution in [1.82, 2.24) is 0 Å². The maximum absolute atomic E-state index is 11.0. The second kappa shape index (κ2) is 9.43. The molecule has 5 aromatic rings. The lowest BCUT2D eigenvalue weighted by molar-refractivity contribution is 0.112. The molecule has 0 bridgehead atoms. The Bertz CT molecular complexity index is 1660. The summed E-state index contributed by atoms with van der Waals surface area (Å²) in [7, 11) is 6.41. The smallest absolute Gasteiger partial charge is 0.150 e. The van der Waals surface area contributed by atoms with Gasteiger partial charge in [-0.25, -0.2) is 0 Å². The summed E-state index contributed by atoms with van der Waals surface area (Å²) in [5, 5.41) is 0. The molecular weight excluding hydrogens is 475 g/mol. The van der Waals surface area contributed by atoms with Crippen molar-refractivity contribution >= 4 is 19.6 Å². The third-order valence-electron chi connectivity index (χ3n) is 7.79. The summed E-state index contributed by atoms with van der Waals surface area (Å²) in [6.45, 7) is 6.72. The maximum atomic E-state index is 11.0. The first kappa shape index (κ1) is 24.9. The van der Waals surface area contributed by atoms with Gasteiger partial charge in [-0.1, -0.05) is 105 Å². The van der Waals surface area contributed by atoms with E-state index >= 15 is 0 Å². The van der Waals surface area contributed by atoms with E-state index in [1.54, 1.807) is 12.1 Å². The molecule has 2 radical (unpaired) electrons. The van der Waals surface area contributed by atoms with Crippen LogP contribution in [0, 0.1) is 0 Å². The molecule has 0 saturated heterocycles.